The first-order valence-corrected chi connectivity index (χ1v) is 7.87. The Morgan fingerprint density at radius 2 is 1.73 bits per heavy atom. The van der Waals surface area contributed by atoms with Gasteiger partial charge in [0.15, 0.2) is 11.5 Å². The van der Waals surface area contributed by atoms with Crippen LogP contribution in [0, 0.1) is 0 Å². The number of methoxy groups -OCH3 is 2. The molecule has 0 fully saturated rings. The number of benzene rings is 1. The molecule has 0 aliphatic rings. The van der Waals surface area contributed by atoms with Gasteiger partial charge in [-0.25, -0.2) is 4.98 Å². The number of furan rings is 1. The molecule has 1 N–H and O–H groups in total. The summed E-state index contributed by atoms with van der Waals surface area (Å²) in [7, 11) is 3.17. The molecule has 138 valence electrons. The molecule has 0 aliphatic carbocycles. The van der Waals surface area contributed by atoms with Crippen LogP contribution < -0.4 is 19.5 Å². The predicted octanol–water partition coefficient (Wildman–Crippen LogP) is 4.20. The van der Waals surface area contributed by atoms with Crippen molar-refractivity contribution in [3.63, 3.8) is 0 Å². The van der Waals surface area contributed by atoms with Crippen LogP contribution in [0.25, 0.3) is 0 Å². The Morgan fingerprint density at radius 1 is 0.962 bits per heavy atom. The van der Waals surface area contributed by atoms with Crippen LogP contribution in [-0.2, 0) is 13.1 Å². The fourth-order valence-electron chi connectivity index (χ4n) is 2.34. The lowest BCUT2D eigenvalue weighted by molar-refractivity contribution is 0.342. The maximum Gasteiger partial charge on any atom is 0.219 e. The molecular formula is C19H21ClN2O4. The van der Waals surface area contributed by atoms with Crippen LogP contribution in [0.4, 0.5) is 0 Å². The zero-order chi connectivity index (χ0) is 17.5. The van der Waals surface area contributed by atoms with Gasteiger partial charge in [0, 0.05) is 18.8 Å². The van der Waals surface area contributed by atoms with E-state index in [0.29, 0.717) is 36.2 Å². The maximum absolute atomic E-state index is 5.84. The molecule has 3 rings (SSSR count). The van der Waals surface area contributed by atoms with Gasteiger partial charge >= 0.3 is 0 Å². The topological polar surface area (TPSA) is 65.8 Å². The number of ether oxygens (including phenoxy) is 3. The minimum Gasteiger partial charge on any atom is -0.493 e. The summed E-state index contributed by atoms with van der Waals surface area (Å²) in [5.41, 5.74) is 1.05. The number of nitrogens with one attached hydrogen (secondary N) is 1. The van der Waals surface area contributed by atoms with E-state index >= 15 is 0 Å². The first-order valence-electron chi connectivity index (χ1n) is 7.87. The van der Waals surface area contributed by atoms with Gasteiger partial charge in [-0.2, -0.15) is 0 Å². The summed E-state index contributed by atoms with van der Waals surface area (Å²) in [6.07, 6.45) is 3.43. The largest absolute Gasteiger partial charge is 0.493 e. The van der Waals surface area contributed by atoms with E-state index in [0.717, 1.165) is 11.3 Å². The molecule has 0 radical (unpaired) electrons. The molecule has 0 aliphatic heterocycles. The molecule has 6 nitrogen and oxygen atoms in total. The van der Waals surface area contributed by atoms with E-state index in [1.54, 1.807) is 26.7 Å². The van der Waals surface area contributed by atoms with Crippen LogP contribution in [0.15, 0.2) is 59.3 Å². The zero-order valence-electron chi connectivity index (χ0n) is 14.6. The summed E-state index contributed by atoms with van der Waals surface area (Å²) in [4.78, 5) is 4.34. The van der Waals surface area contributed by atoms with E-state index in [4.69, 9.17) is 18.6 Å². The van der Waals surface area contributed by atoms with E-state index < -0.39 is 0 Å². The lowest BCUT2D eigenvalue weighted by Gasteiger charge is -2.13. The molecule has 0 spiro atoms. The maximum atomic E-state index is 5.84. The average Bonchev–Trinajstić information content (AvgIpc) is 3.17. The fraction of sp³-hybridized carbons (Fsp3) is 0.211. The third-order valence-electron chi connectivity index (χ3n) is 3.60. The molecule has 26 heavy (non-hydrogen) atoms. The number of para-hydroxylation sites is 1. The van der Waals surface area contributed by atoms with Crippen molar-refractivity contribution in [1.29, 1.82) is 0 Å². The first kappa shape index (κ1) is 19.6. The number of halogens is 1. The van der Waals surface area contributed by atoms with E-state index in [1.807, 2.05) is 42.5 Å². The Hall–Kier alpha value is -2.70. The molecule has 0 saturated carbocycles. The molecule has 2 heterocycles. The number of nitrogens with zero attached hydrogens (tertiary/aromatic N) is 1. The Kier molecular flexibility index (Phi) is 7.32. The van der Waals surface area contributed by atoms with Gasteiger partial charge in [-0.05, 0) is 29.8 Å². The van der Waals surface area contributed by atoms with Crippen LogP contribution >= 0.6 is 12.4 Å². The van der Waals surface area contributed by atoms with E-state index in [2.05, 4.69) is 10.3 Å². The number of aromatic nitrogens is 1. The van der Waals surface area contributed by atoms with Crippen molar-refractivity contribution in [2.24, 2.45) is 0 Å². The van der Waals surface area contributed by atoms with Gasteiger partial charge in [0.05, 0.1) is 27.0 Å². The van der Waals surface area contributed by atoms with Crippen molar-refractivity contribution in [1.82, 2.24) is 10.3 Å². The second-order valence-corrected chi connectivity index (χ2v) is 5.28. The van der Waals surface area contributed by atoms with Crippen molar-refractivity contribution in [3.8, 4) is 23.1 Å². The molecule has 1 aromatic carbocycles. The summed E-state index contributed by atoms with van der Waals surface area (Å²) < 4.78 is 21.8. The van der Waals surface area contributed by atoms with Crippen LogP contribution in [0.2, 0.25) is 0 Å². The highest BCUT2D eigenvalue weighted by Gasteiger charge is 2.13. The third-order valence-corrected chi connectivity index (χ3v) is 3.60. The van der Waals surface area contributed by atoms with Gasteiger partial charge in [-0.15, -0.1) is 12.4 Å². The Balaban J connectivity index is 0.00000243. The molecular weight excluding hydrogens is 356 g/mol. The van der Waals surface area contributed by atoms with Crippen molar-refractivity contribution in [3.05, 3.63) is 66.2 Å². The molecule has 7 heteroatoms. The third kappa shape index (κ3) is 4.91. The van der Waals surface area contributed by atoms with E-state index in [9.17, 15) is 0 Å². The van der Waals surface area contributed by atoms with Crippen LogP contribution in [0.1, 0.15) is 11.3 Å². The molecule has 0 amide bonds. The molecule has 2 aromatic heterocycles. The number of pyridine rings is 1. The minimum atomic E-state index is 0. The van der Waals surface area contributed by atoms with Crippen molar-refractivity contribution in [2.45, 2.75) is 13.1 Å². The second kappa shape index (κ2) is 9.70. The van der Waals surface area contributed by atoms with Crippen molar-refractivity contribution in [2.75, 3.05) is 14.2 Å². The normalized spacial score (nSPS) is 10.1. The van der Waals surface area contributed by atoms with Gasteiger partial charge < -0.3 is 23.9 Å². The number of hydrogen-bond acceptors (Lipinski definition) is 6. The monoisotopic (exact) mass is 376 g/mol. The van der Waals surface area contributed by atoms with Gasteiger partial charge in [0.25, 0.3) is 0 Å². The first-order chi connectivity index (χ1) is 12.3. The van der Waals surface area contributed by atoms with Crippen LogP contribution in [0.3, 0.4) is 0 Å². The fourth-order valence-corrected chi connectivity index (χ4v) is 2.34. The summed E-state index contributed by atoms with van der Waals surface area (Å²) >= 11 is 0. The van der Waals surface area contributed by atoms with Gasteiger partial charge in [-0.3, -0.25) is 0 Å². The van der Waals surface area contributed by atoms with Crippen LogP contribution in [-0.4, -0.2) is 19.2 Å². The predicted molar refractivity (Wildman–Crippen MR) is 100 cm³/mol. The smallest absolute Gasteiger partial charge is 0.219 e. The second-order valence-electron chi connectivity index (χ2n) is 5.28. The average molecular weight is 377 g/mol. The highest BCUT2D eigenvalue weighted by molar-refractivity contribution is 5.85. The molecule has 0 saturated heterocycles. The summed E-state index contributed by atoms with van der Waals surface area (Å²) in [5.74, 6) is 3.05. The Morgan fingerprint density at radius 3 is 2.31 bits per heavy atom. The molecule has 0 unspecified atom stereocenters. The minimum absolute atomic E-state index is 0. The molecule has 0 bridgehead atoms. The summed E-state index contributed by atoms with van der Waals surface area (Å²) in [6, 6.07) is 13.0. The molecule has 0 atom stereocenters. The van der Waals surface area contributed by atoms with Crippen LogP contribution in [0.5, 0.6) is 23.1 Å². The van der Waals surface area contributed by atoms with E-state index in [-0.39, 0.29) is 12.4 Å². The van der Waals surface area contributed by atoms with Gasteiger partial charge in [0.2, 0.25) is 11.6 Å². The Labute approximate surface area is 158 Å². The zero-order valence-corrected chi connectivity index (χ0v) is 15.4. The standard InChI is InChI=1S/C19H20N2O4.ClH/c1-22-16-6-3-7-17(23-2)19(16)25-18-9-8-14(12-21-18)11-20-13-15-5-4-10-24-15;/h3-10,12,20H,11,13H2,1-2H3;1H. The van der Waals surface area contributed by atoms with Gasteiger partial charge in [-0.1, -0.05) is 12.1 Å². The highest BCUT2D eigenvalue weighted by atomic mass is 35.5. The van der Waals surface area contributed by atoms with Gasteiger partial charge in [0.1, 0.15) is 5.76 Å². The lowest BCUT2D eigenvalue weighted by Crippen LogP contribution is -2.12. The highest BCUT2D eigenvalue weighted by Crippen LogP contribution is 2.39. The Bertz CT molecular complexity index is 770. The van der Waals surface area contributed by atoms with Crippen molar-refractivity contribution < 1.29 is 18.6 Å². The lowest BCUT2D eigenvalue weighted by atomic mass is 10.2. The van der Waals surface area contributed by atoms with E-state index in [1.165, 1.54) is 0 Å². The number of hydrogen-bond donors (Lipinski definition) is 1. The molecule has 3 aromatic rings. The van der Waals surface area contributed by atoms with Crippen molar-refractivity contribution >= 4 is 12.4 Å². The SMILES string of the molecule is COc1cccc(OC)c1Oc1ccc(CNCc2ccco2)cn1.Cl. The summed E-state index contributed by atoms with van der Waals surface area (Å²) in [5, 5.41) is 3.30. The quantitative estimate of drug-likeness (QED) is 0.635. The number of rotatable bonds is 8. The summed E-state index contributed by atoms with van der Waals surface area (Å²) in [6.45, 7) is 1.36.